The first-order chi connectivity index (χ1) is 12.8. The van der Waals surface area contributed by atoms with Gasteiger partial charge in [-0.15, -0.1) is 0 Å². The highest BCUT2D eigenvalue weighted by atomic mass is 16.5. The van der Waals surface area contributed by atoms with Gasteiger partial charge in [-0.3, -0.25) is 4.90 Å². The van der Waals surface area contributed by atoms with Gasteiger partial charge in [0, 0.05) is 26.2 Å². The van der Waals surface area contributed by atoms with Crippen LogP contribution in [0.2, 0.25) is 0 Å². The van der Waals surface area contributed by atoms with E-state index in [0.717, 1.165) is 55.4 Å². The second-order valence-electron chi connectivity index (χ2n) is 6.25. The number of ether oxygens (including phenoxy) is 2. The summed E-state index contributed by atoms with van der Waals surface area (Å²) in [6.07, 6.45) is 4.17. The Morgan fingerprint density at radius 3 is 2.73 bits per heavy atom. The number of hydrogen-bond acceptors (Lipinski definition) is 7. The number of methoxy groups -OCH3 is 2. The Morgan fingerprint density at radius 2 is 1.92 bits per heavy atom. The van der Waals surface area contributed by atoms with Gasteiger partial charge in [0.25, 0.3) is 0 Å². The molecule has 1 aromatic carbocycles. The van der Waals surface area contributed by atoms with E-state index in [1.807, 2.05) is 0 Å². The van der Waals surface area contributed by atoms with Crippen LogP contribution in [0.4, 0.5) is 5.82 Å². The molecule has 8 heteroatoms. The van der Waals surface area contributed by atoms with Crippen LogP contribution in [0, 0.1) is 0 Å². The third kappa shape index (κ3) is 3.15. The fourth-order valence-corrected chi connectivity index (χ4v) is 3.36. The van der Waals surface area contributed by atoms with E-state index in [-0.39, 0.29) is 0 Å². The van der Waals surface area contributed by atoms with Gasteiger partial charge in [0.2, 0.25) is 0 Å². The molecule has 1 aliphatic rings. The lowest BCUT2D eigenvalue weighted by molar-refractivity contribution is 0.262. The normalized spacial score (nSPS) is 14.2. The number of fused-ring (bicyclic) bond motifs is 2. The Morgan fingerprint density at radius 1 is 1.12 bits per heavy atom. The van der Waals surface area contributed by atoms with Gasteiger partial charge in [0.05, 0.1) is 20.5 Å². The summed E-state index contributed by atoms with van der Waals surface area (Å²) >= 11 is 0. The maximum absolute atomic E-state index is 5.43. The zero-order valence-electron chi connectivity index (χ0n) is 15.0. The van der Waals surface area contributed by atoms with Gasteiger partial charge in [0.1, 0.15) is 11.8 Å². The molecule has 0 unspecified atom stereocenters. The second-order valence-corrected chi connectivity index (χ2v) is 6.25. The zero-order valence-corrected chi connectivity index (χ0v) is 15.0. The first-order valence-corrected chi connectivity index (χ1v) is 8.62. The minimum atomic E-state index is 0.676. The summed E-state index contributed by atoms with van der Waals surface area (Å²) in [5.74, 6) is 2.37. The van der Waals surface area contributed by atoms with Crippen molar-refractivity contribution in [3.63, 3.8) is 0 Å². The van der Waals surface area contributed by atoms with Crippen LogP contribution < -0.4 is 14.8 Å². The third-order valence-corrected chi connectivity index (χ3v) is 4.74. The van der Waals surface area contributed by atoms with E-state index in [4.69, 9.17) is 9.47 Å². The second kappa shape index (κ2) is 7.17. The fraction of sp³-hybridized carbons (Fsp3) is 0.389. The molecule has 0 aliphatic carbocycles. The SMILES string of the molecule is COc1cc2c(cc1OC)CN(CCNc1ncnc3nc[nH]c13)CC2. The van der Waals surface area contributed by atoms with Crippen LogP contribution in [0.5, 0.6) is 11.5 Å². The van der Waals surface area contributed by atoms with Crippen LogP contribution in [-0.2, 0) is 13.0 Å². The van der Waals surface area contributed by atoms with Gasteiger partial charge < -0.3 is 19.8 Å². The van der Waals surface area contributed by atoms with E-state index < -0.39 is 0 Å². The molecule has 2 N–H and O–H groups in total. The number of nitrogens with one attached hydrogen (secondary N) is 2. The van der Waals surface area contributed by atoms with Crippen LogP contribution in [0.25, 0.3) is 11.2 Å². The summed E-state index contributed by atoms with van der Waals surface area (Å²) in [5.41, 5.74) is 4.15. The van der Waals surface area contributed by atoms with Crippen molar-refractivity contribution in [1.29, 1.82) is 0 Å². The van der Waals surface area contributed by atoms with Crippen LogP contribution >= 0.6 is 0 Å². The molecule has 0 saturated carbocycles. The number of benzene rings is 1. The number of nitrogens with zero attached hydrogens (tertiary/aromatic N) is 4. The average molecular weight is 354 g/mol. The van der Waals surface area contributed by atoms with E-state index in [9.17, 15) is 0 Å². The summed E-state index contributed by atoms with van der Waals surface area (Å²) in [4.78, 5) is 18.1. The first kappa shape index (κ1) is 16.6. The number of H-pyrrole nitrogens is 1. The lowest BCUT2D eigenvalue weighted by Gasteiger charge is -2.29. The van der Waals surface area contributed by atoms with Crippen molar-refractivity contribution in [2.75, 3.05) is 39.2 Å². The highest BCUT2D eigenvalue weighted by Gasteiger charge is 2.19. The molecule has 26 heavy (non-hydrogen) atoms. The van der Waals surface area contributed by atoms with E-state index in [0.29, 0.717) is 5.65 Å². The molecule has 1 aliphatic heterocycles. The molecule has 4 rings (SSSR count). The molecule has 0 spiro atoms. The van der Waals surface area contributed by atoms with E-state index in [2.05, 4.69) is 42.3 Å². The van der Waals surface area contributed by atoms with E-state index >= 15 is 0 Å². The molecule has 136 valence electrons. The van der Waals surface area contributed by atoms with Crippen molar-refractivity contribution < 1.29 is 9.47 Å². The predicted molar refractivity (Wildman–Crippen MR) is 98.7 cm³/mol. The van der Waals surface area contributed by atoms with Gasteiger partial charge in [-0.1, -0.05) is 0 Å². The summed E-state index contributed by atoms with van der Waals surface area (Å²) in [6.45, 7) is 3.65. The fourth-order valence-electron chi connectivity index (χ4n) is 3.36. The largest absolute Gasteiger partial charge is 0.493 e. The average Bonchev–Trinajstić information content (AvgIpc) is 3.16. The minimum Gasteiger partial charge on any atom is -0.493 e. The van der Waals surface area contributed by atoms with Crippen molar-refractivity contribution in [1.82, 2.24) is 24.8 Å². The standard InChI is InChI=1S/C18H22N6O2/c1-25-14-7-12-3-5-24(9-13(12)8-15(14)26-2)6-4-19-17-16-18(21-10-20-16)23-11-22-17/h7-8,10-11H,3-6,9H2,1-2H3,(H2,19,20,21,22,23). The Kier molecular flexibility index (Phi) is 4.57. The summed E-state index contributed by atoms with van der Waals surface area (Å²) < 4.78 is 10.8. The molecule has 0 radical (unpaired) electrons. The summed E-state index contributed by atoms with van der Waals surface area (Å²) in [6, 6.07) is 4.19. The Labute approximate surface area is 151 Å². The predicted octanol–water partition coefficient (Wildman–Crippen LogP) is 1.84. The summed E-state index contributed by atoms with van der Waals surface area (Å²) in [7, 11) is 3.35. The number of hydrogen-bond donors (Lipinski definition) is 2. The van der Waals surface area contributed by atoms with Crippen LogP contribution in [0.1, 0.15) is 11.1 Å². The molecule has 0 amide bonds. The van der Waals surface area contributed by atoms with Crippen molar-refractivity contribution in [3.05, 3.63) is 35.9 Å². The zero-order chi connectivity index (χ0) is 17.9. The lowest BCUT2D eigenvalue weighted by atomic mass is 9.99. The Hall–Kier alpha value is -2.87. The maximum Gasteiger partial charge on any atom is 0.182 e. The topological polar surface area (TPSA) is 88.2 Å². The van der Waals surface area contributed by atoms with Gasteiger partial charge >= 0.3 is 0 Å². The monoisotopic (exact) mass is 354 g/mol. The molecule has 2 aromatic heterocycles. The molecule has 0 saturated heterocycles. The number of rotatable bonds is 6. The van der Waals surface area contributed by atoms with Crippen molar-refractivity contribution in [3.8, 4) is 11.5 Å². The Balaban J connectivity index is 1.39. The number of imidazole rings is 1. The van der Waals surface area contributed by atoms with E-state index in [1.165, 1.54) is 17.5 Å². The molecule has 3 aromatic rings. The third-order valence-electron chi connectivity index (χ3n) is 4.74. The molecule has 8 nitrogen and oxygen atoms in total. The quantitative estimate of drug-likeness (QED) is 0.698. The maximum atomic E-state index is 5.43. The Bertz CT molecular complexity index is 910. The van der Waals surface area contributed by atoms with Crippen LogP contribution in [0.15, 0.2) is 24.8 Å². The highest BCUT2D eigenvalue weighted by Crippen LogP contribution is 2.33. The molecule has 0 atom stereocenters. The van der Waals surface area contributed by atoms with Crippen LogP contribution in [0.3, 0.4) is 0 Å². The summed E-state index contributed by atoms with van der Waals surface area (Å²) in [5, 5.41) is 3.38. The van der Waals surface area contributed by atoms with Crippen LogP contribution in [-0.4, -0.2) is 58.7 Å². The number of aromatic amines is 1. The molecular weight excluding hydrogens is 332 g/mol. The molecule has 0 bridgehead atoms. The lowest BCUT2D eigenvalue weighted by Crippen LogP contribution is -2.34. The van der Waals surface area contributed by atoms with Crippen molar-refractivity contribution in [2.24, 2.45) is 0 Å². The smallest absolute Gasteiger partial charge is 0.182 e. The van der Waals surface area contributed by atoms with Gasteiger partial charge in [0.15, 0.2) is 23.0 Å². The number of anilines is 1. The molecule has 3 heterocycles. The molecular formula is C18H22N6O2. The minimum absolute atomic E-state index is 0.676. The number of aromatic nitrogens is 4. The van der Waals surface area contributed by atoms with Crippen molar-refractivity contribution >= 4 is 17.0 Å². The molecule has 0 fully saturated rings. The van der Waals surface area contributed by atoms with Gasteiger partial charge in [-0.2, -0.15) is 0 Å². The van der Waals surface area contributed by atoms with Gasteiger partial charge in [-0.25, -0.2) is 15.0 Å². The van der Waals surface area contributed by atoms with E-state index in [1.54, 1.807) is 20.5 Å². The first-order valence-electron chi connectivity index (χ1n) is 8.62. The van der Waals surface area contributed by atoms with Crippen molar-refractivity contribution in [2.45, 2.75) is 13.0 Å². The highest BCUT2D eigenvalue weighted by molar-refractivity contribution is 5.81. The van der Waals surface area contributed by atoms with Gasteiger partial charge in [-0.05, 0) is 29.7 Å².